The number of benzene rings is 1. The Morgan fingerprint density at radius 3 is 2.35 bits per heavy atom. The van der Waals surface area contributed by atoms with Crippen LogP contribution in [0.25, 0.3) is 0 Å². The molecule has 0 fully saturated rings. The highest BCUT2D eigenvalue weighted by Crippen LogP contribution is 2.38. The Balaban J connectivity index is 1.90. The molecule has 0 aromatic heterocycles. The second kappa shape index (κ2) is 6.28. The van der Waals surface area contributed by atoms with E-state index in [0.29, 0.717) is 39.9 Å². The largest absolute Gasteiger partial charge is 0.485 e. The van der Waals surface area contributed by atoms with Gasteiger partial charge in [-0.15, -0.1) is 0 Å². The number of Topliss-reactive ketones (excluding diaryl/α,β-unsaturated/α-hetero) is 1. The van der Waals surface area contributed by atoms with Crippen molar-refractivity contribution in [3.05, 3.63) is 33.8 Å². The van der Waals surface area contributed by atoms with Crippen LogP contribution in [0.1, 0.15) is 32.6 Å². The Labute approximate surface area is 142 Å². The Morgan fingerprint density at radius 2 is 1.78 bits per heavy atom. The summed E-state index contributed by atoms with van der Waals surface area (Å²) in [5.74, 6) is -0.134. The molecule has 5 nitrogen and oxygen atoms in total. The summed E-state index contributed by atoms with van der Waals surface area (Å²) in [5, 5.41) is 0. The molecule has 0 unspecified atom stereocenters. The number of carbonyl (C=O) groups excluding carboxylic acids is 3. The van der Waals surface area contributed by atoms with Crippen molar-refractivity contribution < 1.29 is 19.1 Å². The SMILES string of the molecule is CC(=O)COc1cc(N2C(=O)C3=C(CCCC3)C2=O)ccc1Br. The maximum absolute atomic E-state index is 12.6. The summed E-state index contributed by atoms with van der Waals surface area (Å²) < 4.78 is 6.09. The standard InChI is InChI=1S/C17H16BrNO4/c1-10(20)9-23-15-8-11(6-7-14(15)18)19-16(21)12-4-2-3-5-13(12)17(19)22/h6-8H,2-5,9H2,1H3. The van der Waals surface area contributed by atoms with Gasteiger partial charge in [0.15, 0.2) is 5.78 Å². The van der Waals surface area contributed by atoms with Gasteiger partial charge in [0.25, 0.3) is 11.8 Å². The van der Waals surface area contributed by atoms with Crippen molar-refractivity contribution in [2.24, 2.45) is 0 Å². The van der Waals surface area contributed by atoms with E-state index in [4.69, 9.17) is 4.74 Å². The van der Waals surface area contributed by atoms with Gasteiger partial charge in [-0.3, -0.25) is 14.4 Å². The second-order valence-electron chi connectivity index (χ2n) is 5.72. The second-order valence-corrected chi connectivity index (χ2v) is 6.57. The number of hydrogen-bond donors (Lipinski definition) is 0. The quantitative estimate of drug-likeness (QED) is 0.756. The van der Waals surface area contributed by atoms with Crippen molar-refractivity contribution in [1.29, 1.82) is 0 Å². The third-order valence-corrected chi connectivity index (χ3v) is 4.65. The zero-order chi connectivity index (χ0) is 16.6. The highest BCUT2D eigenvalue weighted by molar-refractivity contribution is 9.10. The van der Waals surface area contributed by atoms with Gasteiger partial charge in [0.1, 0.15) is 12.4 Å². The van der Waals surface area contributed by atoms with Crippen LogP contribution in [0.4, 0.5) is 5.69 Å². The first-order valence-corrected chi connectivity index (χ1v) is 8.31. The van der Waals surface area contributed by atoms with Gasteiger partial charge in [-0.1, -0.05) is 0 Å². The molecule has 0 saturated heterocycles. The maximum atomic E-state index is 12.6. The average Bonchev–Trinajstić information content (AvgIpc) is 2.79. The zero-order valence-corrected chi connectivity index (χ0v) is 14.3. The molecule has 0 spiro atoms. The normalized spacial score (nSPS) is 17.6. The van der Waals surface area contributed by atoms with Crippen LogP contribution in [0.5, 0.6) is 5.75 Å². The molecular weight excluding hydrogens is 362 g/mol. The molecule has 6 heteroatoms. The number of carbonyl (C=O) groups is 3. The number of imide groups is 1. The van der Waals surface area contributed by atoms with Crippen LogP contribution in [-0.4, -0.2) is 24.2 Å². The highest BCUT2D eigenvalue weighted by Gasteiger charge is 2.39. The number of ether oxygens (including phenoxy) is 1. The van der Waals surface area contributed by atoms with Crippen molar-refractivity contribution in [3.63, 3.8) is 0 Å². The fraction of sp³-hybridized carbons (Fsp3) is 0.353. The summed E-state index contributed by atoms with van der Waals surface area (Å²) in [6.45, 7) is 1.38. The summed E-state index contributed by atoms with van der Waals surface area (Å²) in [4.78, 5) is 37.4. The molecule has 1 aliphatic carbocycles. The Hall–Kier alpha value is -1.95. The molecule has 1 aromatic carbocycles. The van der Waals surface area contributed by atoms with Crippen LogP contribution in [0.2, 0.25) is 0 Å². The van der Waals surface area contributed by atoms with E-state index < -0.39 is 0 Å². The number of halogens is 1. The van der Waals surface area contributed by atoms with Gasteiger partial charge in [-0.2, -0.15) is 0 Å². The van der Waals surface area contributed by atoms with Gasteiger partial charge >= 0.3 is 0 Å². The number of nitrogens with zero attached hydrogens (tertiary/aromatic N) is 1. The molecule has 2 amide bonds. The third kappa shape index (κ3) is 2.95. The van der Waals surface area contributed by atoms with Crippen LogP contribution in [-0.2, 0) is 14.4 Å². The first-order valence-electron chi connectivity index (χ1n) is 7.51. The molecule has 1 aromatic rings. The van der Waals surface area contributed by atoms with E-state index in [-0.39, 0.29) is 24.2 Å². The molecule has 3 rings (SSSR count). The minimum Gasteiger partial charge on any atom is -0.485 e. The zero-order valence-electron chi connectivity index (χ0n) is 12.7. The van der Waals surface area contributed by atoms with Gasteiger partial charge in [-0.05, 0) is 60.7 Å². The first kappa shape index (κ1) is 15.9. The van der Waals surface area contributed by atoms with E-state index >= 15 is 0 Å². The van der Waals surface area contributed by atoms with Crippen LogP contribution in [0, 0.1) is 0 Å². The molecule has 2 aliphatic rings. The molecule has 120 valence electrons. The van der Waals surface area contributed by atoms with E-state index in [1.54, 1.807) is 18.2 Å². The van der Waals surface area contributed by atoms with E-state index in [9.17, 15) is 14.4 Å². The number of ketones is 1. The highest BCUT2D eigenvalue weighted by atomic mass is 79.9. The van der Waals surface area contributed by atoms with E-state index in [2.05, 4.69) is 15.9 Å². The van der Waals surface area contributed by atoms with Gasteiger partial charge in [0.05, 0.1) is 10.2 Å². The average molecular weight is 378 g/mol. The smallest absolute Gasteiger partial charge is 0.261 e. The van der Waals surface area contributed by atoms with Crippen LogP contribution >= 0.6 is 15.9 Å². The van der Waals surface area contributed by atoms with E-state index in [1.807, 2.05) is 0 Å². The summed E-state index contributed by atoms with van der Waals surface area (Å²) in [6, 6.07) is 5.02. The molecule has 0 bridgehead atoms. The Bertz CT molecular complexity index is 710. The Kier molecular flexibility index (Phi) is 4.35. The topological polar surface area (TPSA) is 63.7 Å². The van der Waals surface area contributed by atoms with E-state index in [1.165, 1.54) is 11.8 Å². The summed E-state index contributed by atoms with van der Waals surface area (Å²) >= 11 is 3.35. The van der Waals surface area contributed by atoms with Crippen molar-refractivity contribution >= 4 is 39.2 Å². The van der Waals surface area contributed by atoms with Gasteiger partial charge in [-0.25, -0.2) is 4.90 Å². The lowest BCUT2D eigenvalue weighted by Crippen LogP contribution is -2.31. The lowest BCUT2D eigenvalue weighted by atomic mass is 9.93. The fourth-order valence-corrected chi connectivity index (χ4v) is 3.26. The van der Waals surface area contributed by atoms with Crippen LogP contribution in [0.15, 0.2) is 33.8 Å². The van der Waals surface area contributed by atoms with Crippen molar-refractivity contribution in [3.8, 4) is 5.75 Å². The molecule has 0 N–H and O–H groups in total. The van der Waals surface area contributed by atoms with Gasteiger partial charge in [0, 0.05) is 17.2 Å². The number of amides is 2. The van der Waals surface area contributed by atoms with Crippen molar-refractivity contribution in [2.45, 2.75) is 32.6 Å². The molecule has 0 saturated carbocycles. The predicted octanol–water partition coefficient (Wildman–Crippen LogP) is 3.16. The molecule has 0 radical (unpaired) electrons. The maximum Gasteiger partial charge on any atom is 0.261 e. The van der Waals surface area contributed by atoms with Gasteiger partial charge in [0.2, 0.25) is 0 Å². The molecular formula is C17H16BrNO4. The minimum absolute atomic E-state index is 0.0568. The lowest BCUT2D eigenvalue weighted by molar-refractivity contribution is -0.121. The predicted molar refractivity (Wildman–Crippen MR) is 88.3 cm³/mol. The monoisotopic (exact) mass is 377 g/mol. The molecule has 1 aliphatic heterocycles. The molecule has 0 atom stereocenters. The molecule has 1 heterocycles. The molecule has 23 heavy (non-hydrogen) atoms. The summed E-state index contributed by atoms with van der Waals surface area (Å²) in [6.07, 6.45) is 3.22. The third-order valence-electron chi connectivity index (χ3n) is 3.99. The van der Waals surface area contributed by atoms with E-state index in [0.717, 1.165) is 12.8 Å². The summed E-state index contributed by atoms with van der Waals surface area (Å²) in [5.41, 5.74) is 1.77. The van der Waals surface area contributed by atoms with Crippen molar-refractivity contribution in [1.82, 2.24) is 0 Å². The summed E-state index contributed by atoms with van der Waals surface area (Å²) in [7, 11) is 0. The van der Waals surface area contributed by atoms with Crippen molar-refractivity contribution in [2.75, 3.05) is 11.5 Å². The fourth-order valence-electron chi connectivity index (χ4n) is 2.90. The van der Waals surface area contributed by atoms with Gasteiger partial charge < -0.3 is 4.74 Å². The lowest BCUT2D eigenvalue weighted by Gasteiger charge is -2.17. The number of anilines is 1. The van der Waals surface area contributed by atoms with Crippen LogP contribution in [0.3, 0.4) is 0 Å². The number of hydrogen-bond acceptors (Lipinski definition) is 4. The first-order chi connectivity index (χ1) is 11.0. The Morgan fingerprint density at radius 1 is 1.17 bits per heavy atom. The number of rotatable bonds is 4. The minimum atomic E-state index is -0.232. The van der Waals surface area contributed by atoms with Crippen LogP contribution < -0.4 is 9.64 Å².